The summed E-state index contributed by atoms with van der Waals surface area (Å²) >= 11 is 0. The molecule has 0 saturated carbocycles. The van der Waals surface area contributed by atoms with Gasteiger partial charge in [-0.15, -0.1) is 0 Å². The molecule has 0 spiro atoms. The van der Waals surface area contributed by atoms with Crippen LogP contribution in [-0.2, 0) is 6.42 Å². The second kappa shape index (κ2) is 4.56. The quantitative estimate of drug-likeness (QED) is 0.751. The topological polar surface area (TPSA) is 29.3 Å². The SMILES string of the molecule is CCc1cc(N)ccc1N1CCCCC1. The third kappa shape index (κ3) is 2.25. The van der Waals surface area contributed by atoms with Crippen LogP contribution in [0.15, 0.2) is 18.2 Å². The molecular formula is C13H20N2. The van der Waals surface area contributed by atoms with Crippen molar-refractivity contribution in [2.75, 3.05) is 23.7 Å². The Balaban J connectivity index is 2.25. The lowest BCUT2D eigenvalue weighted by Gasteiger charge is -2.30. The highest BCUT2D eigenvalue weighted by Gasteiger charge is 2.13. The largest absolute Gasteiger partial charge is 0.399 e. The number of hydrogen-bond donors (Lipinski definition) is 1. The lowest BCUT2D eigenvalue weighted by Crippen LogP contribution is -2.30. The molecule has 0 radical (unpaired) electrons. The molecule has 0 unspecified atom stereocenters. The molecular weight excluding hydrogens is 184 g/mol. The fraction of sp³-hybridized carbons (Fsp3) is 0.538. The van der Waals surface area contributed by atoms with Crippen LogP contribution in [0.1, 0.15) is 31.7 Å². The summed E-state index contributed by atoms with van der Waals surface area (Å²) < 4.78 is 0. The highest BCUT2D eigenvalue weighted by molar-refractivity contribution is 5.59. The van der Waals surface area contributed by atoms with Crippen LogP contribution in [0.25, 0.3) is 0 Å². The molecule has 0 aromatic heterocycles. The summed E-state index contributed by atoms with van der Waals surface area (Å²) in [6.07, 6.45) is 5.10. The van der Waals surface area contributed by atoms with Crippen LogP contribution in [0, 0.1) is 0 Å². The average molecular weight is 204 g/mol. The monoisotopic (exact) mass is 204 g/mol. The second-order valence-corrected chi connectivity index (χ2v) is 4.29. The molecule has 1 aliphatic heterocycles. The average Bonchev–Trinajstić information content (AvgIpc) is 2.30. The van der Waals surface area contributed by atoms with E-state index in [4.69, 9.17) is 5.73 Å². The number of nitrogens with two attached hydrogens (primary N) is 1. The first-order chi connectivity index (χ1) is 7.31. The van der Waals surface area contributed by atoms with Crippen molar-refractivity contribution in [2.24, 2.45) is 0 Å². The van der Waals surface area contributed by atoms with E-state index in [1.54, 1.807) is 0 Å². The first-order valence-electron chi connectivity index (χ1n) is 5.94. The van der Waals surface area contributed by atoms with Crippen molar-refractivity contribution in [2.45, 2.75) is 32.6 Å². The van der Waals surface area contributed by atoms with Crippen LogP contribution >= 0.6 is 0 Å². The van der Waals surface area contributed by atoms with Crippen molar-refractivity contribution < 1.29 is 0 Å². The minimum Gasteiger partial charge on any atom is -0.399 e. The Morgan fingerprint density at radius 2 is 1.93 bits per heavy atom. The summed E-state index contributed by atoms with van der Waals surface area (Å²) in [6, 6.07) is 6.31. The zero-order valence-electron chi connectivity index (χ0n) is 9.50. The number of benzene rings is 1. The zero-order chi connectivity index (χ0) is 10.7. The summed E-state index contributed by atoms with van der Waals surface area (Å²) in [7, 11) is 0. The molecule has 2 N–H and O–H groups in total. The Hall–Kier alpha value is -1.18. The molecule has 1 aromatic rings. The van der Waals surface area contributed by atoms with Gasteiger partial charge >= 0.3 is 0 Å². The number of nitrogen functional groups attached to an aromatic ring is 1. The van der Waals surface area contributed by atoms with Crippen molar-refractivity contribution in [3.05, 3.63) is 23.8 Å². The van der Waals surface area contributed by atoms with Crippen LogP contribution in [0.3, 0.4) is 0 Å². The van der Waals surface area contributed by atoms with Crippen molar-refractivity contribution in [1.29, 1.82) is 0 Å². The van der Waals surface area contributed by atoms with E-state index in [2.05, 4.69) is 24.0 Å². The maximum Gasteiger partial charge on any atom is 0.0400 e. The molecule has 1 aromatic carbocycles. The third-order valence-corrected chi connectivity index (χ3v) is 3.18. The Morgan fingerprint density at radius 3 is 2.60 bits per heavy atom. The summed E-state index contributed by atoms with van der Waals surface area (Å²) in [5.74, 6) is 0. The highest BCUT2D eigenvalue weighted by Crippen LogP contribution is 2.26. The van der Waals surface area contributed by atoms with Gasteiger partial charge in [0.2, 0.25) is 0 Å². The molecule has 2 heteroatoms. The smallest absolute Gasteiger partial charge is 0.0400 e. The molecule has 0 bridgehead atoms. The molecule has 0 amide bonds. The number of hydrogen-bond acceptors (Lipinski definition) is 2. The molecule has 82 valence electrons. The summed E-state index contributed by atoms with van der Waals surface area (Å²) in [5.41, 5.74) is 9.48. The second-order valence-electron chi connectivity index (χ2n) is 4.29. The Morgan fingerprint density at radius 1 is 1.20 bits per heavy atom. The van der Waals surface area contributed by atoms with E-state index in [-0.39, 0.29) is 0 Å². The predicted octanol–water partition coefficient (Wildman–Crippen LogP) is 2.82. The summed E-state index contributed by atoms with van der Waals surface area (Å²) in [6.45, 7) is 4.61. The van der Waals surface area contributed by atoms with Crippen LogP contribution in [0.4, 0.5) is 11.4 Å². The molecule has 0 aliphatic carbocycles. The molecule has 0 atom stereocenters. The van der Waals surface area contributed by atoms with E-state index in [0.29, 0.717) is 0 Å². The van der Waals surface area contributed by atoms with Gasteiger partial charge in [-0.1, -0.05) is 6.92 Å². The number of aryl methyl sites for hydroxylation is 1. The van der Waals surface area contributed by atoms with Gasteiger partial charge in [0.15, 0.2) is 0 Å². The number of rotatable bonds is 2. The molecule has 1 fully saturated rings. The lowest BCUT2D eigenvalue weighted by molar-refractivity contribution is 0.576. The minimum atomic E-state index is 0.882. The first kappa shape index (κ1) is 10.3. The lowest BCUT2D eigenvalue weighted by atomic mass is 10.1. The Labute approximate surface area is 92.1 Å². The fourth-order valence-electron chi connectivity index (χ4n) is 2.33. The highest BCUT2D eigenvalue weighted by atomic mass is 15.1. The summed E-state index contributed by atoms with van der Waals surface area (Å²) in [4.78, 5) is 2.50. The van der Waals surface area contributed by atoms with Gasteiger partial charge in [0.1, 0.15) is 0 Å². The maximum absolute atomic E-state index is 5.81. The van der Waals surface area contributed by atoms with Crippen molar-refractivity contribution in [3.8, 4) is 0 Å². The summed E-state index contributed by atoms with van der Waals surface area (Å²) in [5, 5.41) is 0. The van der Waals surface area contributed by atoms with Crippen molar-refractivity contribution in [1.82, 2.24) is 0 Å². The maximum atomic E-state index is 5.81. The standard InChI is InChI=1S/C13H20N2/c1-2-11-10-12(14)6-7-13(11)15-8-4-3-5-9-15/h6-7,10H,2-5,8-9,14H2,1H3. The van der Waals surface area contributed by atoms with Crippen LogP contribution in [0.5, 0.6) is 0 Å². The van der Waals surface area contributed by atoms with Gasteiger partial charge in [-0.2, -0.15) is 0 Å². The van der Waals surface area contributed by atoms with Gasteiger partial charge in [0.05, 0.1) is 0 Å². The molecule has 1 aliphatic rings. The van der Waals surface area contributed by atoms with E-state index < -0.39 is 0 Å². The normalized spacial score (nSPS) is 16.7. The van der Waals surface area contributed by atoms with Crippen LogP contribution < -0.4 is 10.6 Å². The molecule has 2 nitrogen and oxygen atoms in total. The van der Waals surface area contributed by atoms with E-state index in [1.165, 1.54) is 43.6 Å². The van der Waals surface area contributed by atoms with Crippen molar-refractivity contribution >= 4 is 11.4 Å². The molecule has 2 rings (SSSR count). The predicted molar refractivity (Wildman–Crippen MR) is 66.3 cm³/mol. The fourth-order valence-corrected chi connectivity index (χ4v) is 2.33. The van der Waals surface area contributed by atoms with E-state index in [1.807, 2.05) is 6.07 Å². The Bertz CT molecular complexity index is 327. The third-order valence-electron chi connectivity index (χ3n) is 3.18. The number of anilines is 2. The van der Waals surface area contributed by atoms with Gasteiger partial charge in [-0.05, 0) is 49.4 Å². The van der Waals surface area contributed by atoms with Gasteiger partial charge in [0, 0.05) is 24.5 Å². The van der Waals surface area contributed by atoms with E-state index in [9.17, 15) is 0 Å². The molecule has 15 heavy (non-hydrogen) atoms. The van der Waals surface area contributed by atoms with Gasteiger partial charge in [-0.25, -0.2) is 0 Å². The molecule has 1 heterocycles. The van der Waals surface area contributed by atoms with E-state index >= 15 is 0 Å². The van der Waals surface area contributed by atoms with E-state index in [0.717, 1.165) is 12.1 Å². The number of nitrogens with zero attached hydrogens (tertiary/aromatic N) is 1. The molecule has 1 saturated heterocycles. The Kier molecular flexibility index (Phi) is 3.14. The minimum absolute atomic E-state index is 0.882. The van der Waals surface area contributed by atoms with Crippen LogP contribution in [-0.4, -0.2) is 13.1 Å². The zero-order valence-corrected chi connectivity index (χ0v) is 9.50. The van der Waals surface area contributed by atoms with Crippen molar-refractivity contribution in [3.63, 3.8) is 0 Å². The van der Waals surface area contributed by atoms with Crippen LogP contribution in [0.2, 0.25) is 0 Å². The van der Waals surface area contributed by atoms with Gasteiger partial charge < -0.3 is 10.6 Å². The first-order valence-corrected chi connectivity index (χ1v) is 5.94. The number of piperidine rings is 1. The van der Waals surface area contributed by atoms with Gasteiger partial charge in [0.25, 0.3) is 0 Å². The van der Waals surface area contributed by atoms with Gasteiger partial charge in [-0.3, -0.25) is 0 Å².